The first-order valence-electron chi connectivity index (χ1n) is 11.6. The average Bonchev–Trinajstić information content (AvgIpc) is 3.41. The van der Waals surface area contributed by atoms with Gasteiger partial charge in [-0.1, -0.05) is 60.7 Å². The zero-order valence-electron chi connectivity index (χ0n) is 20.8. The van der Waals surface area contributed by atoms with Gasteiger partial charge in [0.1, 0.15) is 11.6 Å². The number of hydrogen-bond acceptors (Lipinski definition) is 6. The van der Waals surface area contributed by atoms with E-state index in [-0.39, 0.29) is 18.9 Å². The molecular formula is C26H27F3N4O6S. The van der Waals surface area contributed by atoms with Gasteiger partial charge in [0.05, 0.1) is 4.88 Å². The minimum atomic E-state index is -5.08. The van der Waals surface area contributed by atoms with E-state index in [4.69, 9.17) is 21.4 Å². The van der Waals surface area contributed by atoms with Crippen LogP contribution < -0.4 is 16.8 Å². The molecule has 0 fully saturated rings. The van der Waals surface area contributed by atoms with Gasteiger partial charge < -0.3 is 32.1 Å². The maximum atomic E-state index is 12.8. The summed E-state index contributed by atoms with van der Waals surface area (Å²) in [5.41, 5.74) is 10.4. The number of carbonyl (C=O) groups excluding carboxylic acids is 1. The second-order valence-electron chi connectivity index (χ2n) is 8.22. The Kier molecular flexibility index (Phi) is 11.2. The summed E-state index contributed by atoms with van der Waals surface area (Å²) in [7, 11) is 0. The van der Waals surface area contributed by atoms with E-state index in [2.05, 4.69) is 10.3 Å². The number of carbonyl (C=O) groups is 3. The molecule has 3 rings (SSSR count). The molecule has 10 nitrogen and oxygen atoms in total. The first kappa shape index (κ1) is 31.8. The van der Waals surface area contributed by atoms with Crippen molar-refractivity contribution in [2.45, 2.75) is 30.7 Å². The fraction of sp³-hybridized carbons (Fsp3) is 0.231. The number of hydrogen-bond donors (Lipinski definition) is 6. The number of amides is 1. The number of nitrogens with two attached hydrogens (primary N) is 2. The molecule has 0 aliphatic carbocycles. The van der Waals surface area contributed by atoms with Crippen LogP contribution in [-0.2, 0) is 15.2 Å². The Labute approximate surface area is 230 Å². The standard InChI is InChI=1S/C24H26N4O4S.C2HF3O2/c25-23(26)27-15-7-12-18(22(30)31)28-21(29)19-13-14-20(33-19)24(32,16-8-3-1-4-9-16)17-10-5-2-6-11-17;3-2(4,5)1(6)7/h1-6,8-11,13-14,18,32H,7,12,15H2,(H,28,29)(H,30,31)(H4,25,26,27);(H,6,7)/t18-;/m0./s1. The highest BCUT2D eigenvalue weighted by Crippen LogP contribution is 2.40. The smallest absolute Gasteiger partial charge is 0.480 e. The Morgan fingerprint density at radius 3 is 1.82 bits per heavy atom. The zero-order valence-corrected chi connectivity index (χ0v) is 21.7. The van der Waals surface area contributed by atoms with Gasteiger partial charge in [-0.25, -0.2) is 9.59 Å². The third kappa shape index (κ3) is 8.81. The number of carboxylic acid groups (broad SMARTS) is 2. The van der Waals surface area contributed by atoms with Gasteiger partial charge in [0, 0.05) is 11.4 Å². The summed E-state index contributed by atoms with van der Waals surface area (Å²) in [5.74, 6) is -4.49. The molecule has 1 amide bonds. The van der Waals surface area contributed by atoms with Crippen molar-refractivity contribution in [1.29, 1.82) is 0 Å². The third-order valence-electron chi connectivity index (χ3n) is 5.36. The molecule has 1 heterocycles. The first-order valence-corrected chi connectivity index (χ1v) is 12.4. The van der Waals surface area contributed by atoms with Crippen molar-refractivity contribution in [2.24, 2.45) is 16.5 Å². The molecule has 0 saturated carbocycles. The van der Waals surface area contributed by atoms with Crippen LogP contribution in [0.15, 0.2) is 77.8 Å². The highest BCUT2D eigenvalue weighted by atomic mass is 32.1. The largest absolute Gasteiger partial charge is 0.490 e. The lowest BCUT2D eigenvalue weighted by atomic mass is 9.85. The van der Waals surface area contributed by atoms with Crippen molar-refractivity contribution in [2.75, 3.05) is 6.54 Å². The van der Waals surface area contributed by atoms with E-state index >= 15 is 0 Å². The molecule has 14 heteroatoms. The number of aliphatic carboxylic acids is 2. The van der Waals surface area contributed by atoms with Crippen LogP contribution in [-0.4, -0.2) is 57.9 Å². The van der Waals surface area contributed by atoms with Crippen molar-refractivity contribution in [3.8, 4) is 0 Å². The number of thiophene rings is 1. The molecule has 0 saturated heterocycles. The van der Waals surface area contributed by atoms with Gasteiger partial charge in [0.15, 0.2) is 5.96 Å². The monoisotopic (exact) mass is 580 g/mol. The lowest BCUT2D eigenvalue weighted by Crippen LogP contribution is -2.40. The first-order chi connectivity index (χ1) is 18.8. The Bertz CT molecular complexity index is 1270. The highest BCUT2D eigenvalue weighted by Gasteiger charge is 2.38. The van der Waals surface area contributed by atoms with E-state index in [0.29, 0.717) is 27.3 Å². The van der Waals surface area contributed by atoms with Gasteiger partial charge in [0.25, 0.3) is 5.91 Å². The molecule has 0 spiro atoms. The Hall–Kier alpha value is -4.43. The van der Waals surface area contributed by atoms with Crippen molar-refractivity contribution in [3.05, 3.63) is 93.7 Å². The Balaban J connectivity index is 0.000000708. The number of benzene rings is 2. The van der Waals surface area contributed by atoms with E-state index in [0.717, 1.165) is 11.3 Å². The Morgan fingerprint density at radius 2 is 1.40 bits per heavy atom. The maximum Gasteiger partial charge on any atom is 0.490 e. The molecule has 0 aliphatic heterocycles. The normalized spacial score (nSPS) is 11.9. The molecule has 1 aromatic heterocycles. The van der Waals surface area contributed by atoms with Crippen LogP contribution in [0.3, 0.4) is 0 Å². The molecule has 40 heavy (non-hydrogen) atoms. The third-order valence-corrected chi connectivity index (χ3v) is 6.55. The number of halogens is 3. The molecule has 0 radical (unpaired) electrons. The summed E-state index contributed by atoms with van der Waals surface area (Å²) in [4.78, 5) is 38.0. The SMILES string of the molecule is NC(N)=NCCC[C@H](NC(=O)c1ccc(C(O)(c2ccccc2)c2ccccc2)s1)C(=O)O.O=C(O)C(F)(F)F. The second kappa shape index (κ2) is 14.1. The van der Waals surface area contributed by atoms with Gasteiger partial charge in [-0.3, -0.25) is 9.79 Å². The van der Waals surface area contributed by atoms with E-state index in [1.165, 1.54) is 0 Å². The van der Waals surface area contributed by atoms with Crippen LogP contribution in [0, 0.1) is 0 Å². The van der Waals surface area contributed by atoms with Crippen LogP contribution in [0.5, 0.6) is 0 Å². The number of alkyl halides is 3. The minimum absolute atomic E-state index is 0.0682. The van der Waals surface area contributed by atoms with Gasteiger partial charge in [-0.2, -0.15) is 13.2 Å². The molecule has 8 N–H and O–H groups in total. The number of rotatable bonds is 10. The summed E-state index contributed by atoms with van der Waals surface area (Å²) < 4.78 is 31.7. The fourth-order valence-corrected chi connectivity index (χ4v) is 4.50. The summed E-state index contributed by atoms with van der Waals surface area (Å²) in [6.45, 7) is 0.270. The summed E-state index contributed by atoms with van der Waals surface area (Å²) in [6, 6.07) is 20.6. The molecule has 1 atom stereocenters. The second-order valence-corrected chi connectivity index (χ2v) is 9.31. The zero-order chi connectivity index (χ0) is 29.9. The van der Waals surface area contributed by atoms with Crippen LogP contribution in [0.4, 0.5) is 13.2 Å². The predicted molar refractivity (Wildman–Crippen MR) is 142 cm³/mol. The number of carboxylic acids is 2. The number of nitrogens with zero attached hydrogens (tertiary/aromatic N) is 1. The van der Waals surface area contributed by atoms with Crippen LogP contribution in [0.25, 0.3) is 0 Å². The quantitative estimate of drug-likeness (QED) is 0.120. The number of nitrogens with one attached hydrogen (secondary N) is 1. The van der Waals surface area contributed by atoms with Crippen molar-refractivity contribution >= 4 is 35.1 Å². The lowest BCUT2D eigenvalue weighted by Gasteiger charge is -2.28. The molecule has 0 unspecified atom stereocenters. The Morgan fingerprint density at radius 1 is 0.900 bits per heavy atom. The van der Waals surface area contributed by atoms with Gasteiger partial charge in [0.2, 0.25) is 0 Å². The topological polar surface area (TPSA) is 188 Å². The van der Waals surface area contributed by atoms with Crippen molar-refractivity contribution in [1.82, 2.24) is 5.32 Å². The summed E-state index contributed by atoms with van der Waals surface area (Å²) >= 11 is 1.11. The predicted octanol–water partition coefficient (Wildman–Crippen LogP) is 2.90. The van der Waals surface area contributed by atoms with Gasteiger partial charge in [-0.05, 0) is 36.1 Å². The number of aliphatic imine (C=N–C) groups is 1. The molecule has 3 aromatic rings. The van der Waals surface area contributed by atoms with E-state index in [1.807, 2.05) is 60.7 Å². The highest BCUT2D eigenvalue weighted by molar-refractivity contribution is 7.14. The fourth-order valence-electron chi connectivity index (χ4n) is 3.45. The van der Waals surface area contributed by atoms with E-state index in [9.17, 15) is 33.0 Å². The molecule has 0 bridgehead atoms. The van der Waals surface area contributed by atoms with Crippen LogP contribution >= 0.6 is 11.3 Å². The van der Waals surface area contributed by atoms with Crippen LogP contribution in [0.1, 0.15) is 38.5 Å². The molecular weight excluding hydrogens is 553 g/mol. The number of guanidine groups is 1. The van der Waals surface area contributed by atoms with Gasteiger partial charge in [-0.15, -0.1) is 11.3 Å². The lowest BCUT2D eigenvalue weighted by molar-refractivity contribution is -0.192. The molecule has 0 aliphatic rings. The average molecular weight is 581 g/mol. The van der Waals surface area contributed by atoms with Gasteiger partial charge >= 0.3 is 18.1 Å². The summed E-state index contributed by atoms with van der Waals surface area (Å²) in [6.07, 6.45) is -4.51. The maximum absolute atomic E-state index is 12.8. The van der Waals surface area contributed by atoms with Crippen LogP contribution in [0.2, 0.25) is 0 Å². The minimum Gasteiger partial charge on any atom is -0.480 e. The number of aliphatic hydroxyl groups is 1. The van der Waals surface area contributed by atoms with E-state index in [1.54, 1.807) is 12.1 Å². The summed E-state index contributed by atoms with van der Waals surface area (Å²) in [5, 5.41) is 31.0. The van der Waals surface area contributed by atoms with E-state index < -0.39 is 35.7 Å². The molecule has 214 valence electrons. The van der Waals surface area contributed by atoms with Crippen molar-refractivity contribution < 1.29 is 42.9 Å². The molecule has 2 aromatic carbocycles. The van der Waals surface area contributed by atoms with Crippen molar-refractivity contribution in [3.63, 3.8) is 0 Å².